The number of ether oxygens (including phenoxy) is 1. The van der Waals surface area contributed by atoms with Crippen LogP contribution in [0.4, 0.5) is 0 Å². The van der Waals surface area contributed by atoms with Crippen LogP contribution in [0, 0.1) is 5.92 Å². The third kappa shape index (κ3) is 3.83. The van der Waals surface area contributed by atoms with Crippen molar-refractivity contribution in [3.05, 3.63) is 12.2 Å². The fraction of sp³-hybridized carbons (Fsp3) is 0.875. The Morgan fingerprint density at radius 2 is 2.33 bits per heavy atom. The highest BCUT2D eigenvalue weighted by atomic mass is 16.5. The standard InChI is InChI=1S/C16H30N4O/c1-4-9-20-15(18-12-19-20)10-14(17)16(21-5-2)8-6-7-13(3)11-16/h12-14H,4-11,17H2,1-3H3. The maximum Gasteiger partial charge on any atom is 0.138 e. The van der Waals surface area contributed by atoms with Gasteiger partial charge in [0.05, 0.1) is 5.60 Å². The Morgan fingerprint density at radius 3 is 3.00 bits per heavy atom. The van der Waals surface area contributed by atoms with E-state index in [1.165, 1.54) is 12.8 Å². The van der Waals surface area contributed by atoms with Gasteiger partial charge in [-0.25, -0.2) is 4.98 Å². The number of aryl methyl sites for hydroxylation is 1. The van der Waals surface area contributed by atoms with E-state index in [4.69, 9.17) is 10.5 Å². The lowest BCUT2D eigenvalue weighted by molar-refractivity contribution is -0.0929. The first kappa shape index (κ1) is 16.4. The summed E-state index contributed by atoms with van der Waals surface area (Å²) in [7, 11) is 0. The van der Waals surface area contributed by atoms with Gasteiger partial charge in [0, 0.05) is 25.6 Å². The molecule has 1 fully saturated rings. The van der Waals surface area contributed by atoms with Crippen LogP contribution >= 0.6 is 0 Å². The van der Waals surface area contributed by atoms with Crippen molar-refractivity contribution in [2.45, 2.75) is 77.5 Å². The summed E-state index contributed by atoms with van der Waals surface area (Å²) in [6.45, 7) is 8.14. The summed E-state index contributed by atoms with van der Waals surface area (Å²) in [4.78, 5) is 4.40. The molecule has 21 heavy (non-hydrogen) atoms. The first-order valence-corrected chi connectivity index (χ1v) is 8.37. The molecule has 1 aliphatic carbocycles. The molecular formula is C16H30N4O. The maximum atomic E-state index is 6.58. The summed E-state index contributed by atoms with van der Waals surface area (Å²) in [6, 6.07) is -0.0139. The lowest BCUT2D eigenvalue weighted by Crippen LogP contribution is -2.54. The summed E-state index contributed by atoms with van der Waals surface area (Å²) < 4.78 is 8.15. The average molecular weight is 294 g/mol. The molecule has 1 aliphatic rings. The van der Waals surface area contributed by atoms with Gasteiger partial charge in [-0.15, -0.1) is 0 Å². The SMILES string of the molecule is CCCn1ncnc1CC(N)C1(OCC)CCCC(C)C1. The Morgan fingerprint density at radius 1 is 1.52 bits per heavy atom. The minimum absolute atomic E-state index is 0.0139. The van der Waals surface area contributed by atoms with Crippen LogP contribution in [0.15, 0.2) is 6.33 Å². The first-order valence-electron chi connectivity index (χ1n) is 8.37. The number of aromatic nitrogens is 3. The molecule has 120 valence electrons. The zero-order chi connectivity index (χ0) is 15.3. The second kappa shape index (κ2) is 7.36. The van der Waals surface area contributed by atoms with E-state index in [-0.39, 0.29) is 11.6 Å². The van der Waals surface area contributed by atoms with E-state index in [2.05, 4.69) is 30.9 Å². The highest BCUT2D eigenvalue weighted by Crippen LogP contribution is 2.37. The Kier molecular flexibility index (Phi) is 5.76. The van der Waals surface area contributed by atoms with Crippen molar-refractivity contribution in [2.75, 3.05) is 6.61 Å². The molecule has 0 spiro atoms. The molecule has 0 bridgehead atoms. The third-order valence-electron chi connectivity index (χ3n) is 4.63. The normalized spacial score (nSPS) is 27.7. The van der Waals surface area contributed by atoms with Crippen molar-refractivity contribution in [3.8, 4) is 0 Å². The van der Waals surface area contributed by atoms with Crippen molar-refractivity contribution in [2.24, 2.45) is 11.7 Å². The molecule has 0 radical (unpaired) electrons. The summed E-state index contributed by atoms with van der Waals surface area (Å²) in [5, 5.41) is 4.30. The molecule has 2 N–H and O–H groups in total. The fourth-order valence-corrected chi connectivity index (χ4v) is 3.63. The highest BCUT2D eigenvalue weighted by Gasteiger charge is 2.41. The second-order valence-corrected chi connectivity index (χ2v) is 6.41. The van der Waals surface area contributed by atoms with Crippen LogP contribution < -0.4 is 5.73 Å². The molecule has 1 heterocycles. The van der Waals surface area contributed by atoms with E-state index in [1.54, 1.807) is 6.33 Å². The lowest BCUT2D eigenvalue weighted by Gasteiger charge is -2.43. The van der Waals surface area contributed by atoms with Gasteiger partial charge >= 0.3 is 0 Å². The molecule has 0 saturated heterocycles. The monoisotopic (exact) mass is 294 g/mol. The molecule has 1 saturated carbocycles. The average Bonchev–Trinajstić information content (AvgIpc) is 2.87. The van der Waals surface area contributed by atoms with Crippen LogP contribution in [0.5, 0.6) is 0 Å². The molecule has 1 aromatic rings. The molecule has 0 aliphatic heterocycles. The van der Waals surface area contributed by atoms with Crippen LogP contribution in [0.3, 0.4) is 0 Å². The van der Waals surface area contributed by atoms with E-state index in [0.717, 1.165) is 44.7 Å². The van der Waals surface area contributed by atoms with E-state index >= 15 is 0 Å². The molecule has 0 aromatic carbocycles. The number of nitrogens with two attached hydrogens (primary N) is 1. The van der Waals surface area contributed by atoms with Crippen LogP contribution in [-0.2, 0) is 17.7 Å². The molecule has 5 heteroatoms. The maximum absolute atomic E-state index is 6.58. The van der Waals surface area contributed by atoms with Gasteiger partial charge < -0.3 is 10.5 Å². The summed E-state index contributed by atoms with van der Waals surface area (Å²) >= 11 is 0. The quantitative estimate of drug-likeness (QED) is 0.839. The molecular weight excluding hydrogens is 264 g/mol. The van der Waals surface area contributed by atoms with E-state index < -0.39 is 0 Å². The van der Waals surface area contributed by atoms with Crippen LogP contribution in [-0.4, -0.2) is 33.0 Å². The summed E-state index contributed by atoms with van der Waals surface area (Å²) in [6.07, 6.45) is 8.04. The highest BCUT2D eigenvalue weighted by molar-refractivity contribution is 5.01. The predicted molar refractivity (Wildman–Crippen MR) is 84.0 cm³/mol. The van der Waals surface area contributed by atoms with Crippen molar-refractivity contribution in [1.29, 1.82) is 0 Å². The molecule has 3 atom stereocenters. The lowest BCUT2D eigenvalue weighted by atomic mass is 9.74. The van der Waals surface area contributed by atoms with Crippen LogP contribution in [0.1, 0.15) is 58.7 Å². The molecule has 5 nitrogen and oxygen atoms in total. The smallest absolute Gasteiger partial charge is 0.138 e. The van der Waals surface area contributed by atoms with Crippen LogP contribution in [0.2, 0.25) is 0 Å². The van der Waals surface area contributed by atoms with Gasteiger partial charge in [-0.05, 0) is 32.1 Å². The predicted octanol–water partition coefficient (Wildman–Crippen LogP) is 2.54. The van der Waals surface area contributed by atoms with Gasteiger partial charge in [-0.3, -0.25) is 4.68 Å². The molecule has 0 amide bonds. The Balaban J connectivity index is 2.11. The van der Waals surface area contributed by atoms with Crippen molar-refractivity contribution in [1.82, 2.24) is 14.8 Å². The first-order chi connectivity index (χ1) is 10.1. The van der Waals surface area contributed by atoms with Gasteiger partial charge in [-0.2, -0.15) is 5.10 Å². The largest absolute Gasteiger partial charge is 0.374 e. The number of hydrogen-bond donors (Lipinski definition) is 1. The van der Waals surface area contributed by atoms with Gasteiger partial charge in [0.2, 0.25) is 0 Å². The zero-order valence-corrected chi connectivity index (χ0v) is 13.7. The Labute approximate surface area is 128 Å². The van der Waals surface area contributed by atoms with Gasteiger partial charge in [-0.1, -0.05) is 26.7 Å². The summed E-state index contributed by atoms with van der Waals surface area (Å²) in [5.74, 6) is 1.67. The fourth-order valence-electron chi connectivity index (χ4n) is 3.63. The minimum atomic E-state index is -0.185. The van der Waals surface area contributed by atoms with Crippen molar-refractivity contribution >= 4 is 0 Å². The molecule has 2 rings (SSSR count). The van der Waals surface area contributed by atoms with E-state index in [1.807, 2.05) is 4.68 Å². The minimum Gasteiger partial charge on any atom is -0.374 e. The van der Waals surface area contributed by atoms with E-state index in [0.29, 0.717) is 5.92 Å². The molecule has 3 unspecified atom stereocenters. The zero-order valence-electron chi connectivity index (χ0n) is 13.7. The third-order valence-corrected chi connectivity index (χ3v) is 4.63. The Hall–Kier alpha value is -0.940. The second-order valence-electron chi connectivity index (χ2n) is 6.41. The van der Waals surface area contributed by atoms with E-state index in [9.17, 15) is 0 Å². The topological polar surface area (TPSA) is 66.0 Å². The number of hydrogen-bond acceptors (Lipinski definition) is 4. The van der Waals surface area contributed by atoms with Gasteiger partial charge in [0.1, 0.15) is 12.2 Å². The number of rotatable bonds is 7. The van der Waals surface area contributed by atoms with Crippen molar-refractivity contribution in [3.63, 3.8) is 0 Å². The van der Waals surface area contributed by atoms with Crippen LogP contribution in [0.25, 0.3) is 0 Å². The summed E-state index contributed by atoms with van der Waals surface area (Å²) in [5.41, 5.74) is 6.40. The Bertz CT molecular complexity index is 430. The van der Waals surface area contributed by atoms with Gasteiger partial charge in [0.15, 0.2) is 0 Å². The number of nitrogens with zero attached hydrogens (tertiary/aromatic N) is 3. The molecule has 1 aromatic heterocycles. The van der Waals surface area contributed by atoms with Gasteiger partial charge in [0.25, 0.3) is 0 Å². The van der Waals surface area contributed by atoms with Crippen molar-refractivity contribution < 1.29 is 4.74 Å².